The number of likely N-dealkylation sites (N-methyl/N-ethyl adjacent to an activating group) is 1. The predicted octanol–water partition coefficient (Wildman–Crippen LogP) is 0.342. The summed E-state index contributed by atoms with van der Waals surface area (Å²) < 4.78 is 0. The van der Waals surface area contributed by atoms with Gasteiger partial charge in [0.2, 0.25) is 0 Å². The summed E-state index contributed by atoms with van der Waals surface area (Å²) in [6.45, 7) is 14.0. The van der Waals surface area contributed by atoms with Crippen LogP contribution in [0.25, 0.3) is 0 Å². The molecule has 0 saturated carbocycles. The van der Waals surface area contributed by atoms with Gasteiger partial charge in [-0.2, -0.15) is 0 Å². The van der Waals surface area contributed by atoms with Crippen molar-refractivity contribution in [3.05, 3.63) is 0 Å². The van der Waals surface area contributed by atoms with Crippen molar-refractivity contribution in [2.75, 3.05) is 33.2 Å². The van der Waals surface area contributed by atoms with Crippen molar-refractivity contribution < 1.29 is 5.11 Å². The molecule has 0 spiro atoms. The molecule has 0 aromatic heterocycles. The van der Waals surface area contributed by atoms with Crippen LogP contribution in [0.2, 0.25) is 0 Å². The Balaban J connectivity index is 4.42. The van der Waals surface area contributed by atoms with E-state index in [4.69, 9.17) is 5.73 Å². The average Bonchev–Trinajstić information content (AvgIpc) is 2.36. The molecule has 0 aliphatic heterocycles. The standard InChI is InChI=1S/C14H34N4O/c1-7-12(19)18(6)14(4,5)13(2,3)17-11-10-16-9-8-15/h12,16-17,19H,7-11,15H2,1-6H3. The molecule has 0 radical (unpaired) electrons. The van der Waals surface area contributed by atoms with Crippen LogP contribution in [0.4, 0.5) is 0 Å². The Labute approximate surface area is 118 Å². The molecule has 0 aromatic carbocycles. The molecule has 1 atom stereocenters. The highest BCUT2D eigenvalue weighted by molar-refractivity contribution is 5.01. The van der Waals surface area contributed by atoms with Crippen LogP contribution in [0.1, 0.15) is 41.0 Å². The molecule has 5 heteroatoms. The number of aliphatic hydroxyl groups is 1. The summed E-state index contributed by atoms with van der Waals surface area (Å²) in [7, 11) is 1.98. The molecule has 0 aliphatic rings. The Kier molecular flexibility index (Phi) is 8.08. The zero-order chi connectivity index (χ0) is 15.1. The van der Waals surface area contributed by atoms with Gasteiger partial charge in [-0.3, -0.25) is 4.90 Å². The molecule has 1 unspecified atom stereocenters. The second-order valence-electron chi connectivity index (χ2n) is 6.15. The van der Waals surface area contributed by atoms with Crippen LogP contribution in [-0.4, -0.2) is 60.5 Å². The van der Waals surface area contributed by atoms with Crippen molar-refractivity contribution in [1.29, 1.82) is 0 Å². The van der Waals surface area contributed by atoms with E-state index in [9.17, 15) is 5.11 Å². The fourth-order valence-electron chi connectivity index (χ4n) is 1.99. The molecule has 0 heterocycles. The summed E-state index contributed by atoms with van der Waals surface area (Å²) in [6.07, 6.45) is 0.320. The van der Waals surface area contributed by atoms with Crippen LogP contribution in [-0.2, 0) is 0 Å². The number of hydrogen-bond acceptors (Lipinski definition) is 5. The first-order chi connectivity index (χ1) is 8.70. The monoisotopic (exact) mass is 274 g/mol. The first kappa shape index (κ1) is 18.8. The largest absolute Gasteiger partial charge is 0.378 e. The van der Waals surface area contributed by atoms with Gasteiger partial charge < -0.3 is 21.5 Å². The maximum atomic E-state index is 10.0. The zero-order valence-electron chi connectivity index (χ0n) is 13.6. The third kappa shape index (κ3) is 5.36. The van der Waals surface area contributed by atoms with Crippen molar-refractivity contribution in [3.63, 3.8) is 0 Å². The van der Waals surface area contributed by atoms with Crippen LogP contribution in [0.3, 0.4) is 0 Å². The topological polar surface area (TPSA) is 73.5 Å². The van der Waals surface area contributed by atoms with E-state index in [-0.39, 0.29) is 11.1 Å². The number of nitrogens with one attached hydrogen (secondary N) is 2. The summed E-state index contributed by atoms with van der Waals surface area (Å²) in [5.74, 6) is 0. The summed E-state index contributed by atoms with van der Waals surface area (Å²) in [5.41, 5.74) is 5.17. The SMILES string of the molecule is CCC(O)N(C)C(C)(C)C(C)(C)NCCNCCN. The molecule has 19 heavy (non-hydrogen) atoms. The van der Waals surface area contributed by atoms with Crippen LogP contribution in [0.5, 0.6) is 0 Å². The van der Waals surface area contributed by atoms with E-state index in [2.05, 4.69) is 38.3 Å². The lowest BCUT2D eigenvalue weighted by Crippen LogP contribution is -2.65. The molecule has 0 fully saturated rings. The van der Waals surface area contributed by atoms with Crippen molar-refractivity contribution >= 4 is 0 Å². The summed E-state index contributed by atoms with van der Waals surface area (Å²) >= 11 is 0. The Hall–Kier alpha value is -0.200. The fraction of sp³-hybridized carbons (Fsp3) is 1.00. The minimum atomic E-state index is -0.411. The van der Waals surface area contributed by atoms with Gasteiger partial charge in [-0.25, -0.2) is 0 Å². The molecule has 5 nitrogen and oxygen atoms in total. The highest BCUT2D eigenvalue weighted by atomic mass is 16.3. The molecular weight excluding hydrogens is 240 g/mol. The van der Waals surface area contributed by atoms with E-state index in [1.807, 2.05) is 18.9 Å². The molecule has 0 saturated heterocycles. The zero-order valence-corrected chi connectivity index (χ0v) is 13.6. The molecule has 0 aromatic rings. The molecular formula is C14H34N4O. The second kappa shape index (κ2) is 8.17. The summed E-state index contributed by atoms with van der Waals surface area (Å²) in [5, 5.41) is 16.9. The van der Waals surface area contributed by atoms with E-state index in [1.54, 1.807) is 0 Å². The maximum absolute atomic E-state index is 10.0. The Bertz CT molecular complexity index is 244. The fourth-order valence-corrected chi connectivity index (χ4v) is 1.99. The minimum Gasteiger partial charge on any atom is -0.378 e. The van der Waals surface area contributed by atoms with Crippen molar-refractivity contribution in [1.82, 2.24) is 15.5 Å². The molecule has 0 rings (SSSR count). The maximum Gasteiger partial charge on any atom is 0.107 e. The minimum absolute atomic E-state index is 0.109. The van der Waals surface area contributed by atoms with Gasteiger partial charge in [0.25, 0.3) is 0 Å². The van der Waals surface area contributed by atoms with Gasteiger partial charge in [0, 0.05) is 37.3 Å². The predicted molar refractivity (Wildman–Crippen MR) is 82.1 cm³/mol. The highest BCUT2D eigenvalue weighted by Crippen LogP contribution is 2.28. The smallest absolute Gasteiger partial charge is 0.107 e. The van der Waals surface area contributed by atoms with Gasteiger partial charge in [0.05, 0.1) is 0 Å². The molecule has 0 aliphatic carbocycles. The molecule has 116 valence electrons. The van der Waals surface area contributed by atoms with Crippen LogP contribution in [0, 0.1) is 0 Å². The van der Waals surface area contributed by atoms with Gasteiger partial charge in [-0.1, -0.05) is 6.92 Å². The van der Waals surface area contributed by atoms with Gasteiger partial charge in [-0.15, -0.1) is 0 Å². The van der Waals surface area contributed by atoms with Crippen molar-refractivity contribution in [2.45, 2.75) is 58.3 Å². The van der Waals surface area contributed by atoms with Crippen LogP contribution >= 0.6 is 0 Å². The van der Waals surface area contributed by atoms with Gasteiger partial charge >= 0.3 is 0 Å². The van der Waals surface area contributed by atoms with E-state index in [0.29, 0.717) is 6.54 Å². The quantitative estimate of drug-likeness (QED) is 0.342. The first-order valence-electron chi connectivity index (χ1n) is 7.27. The molecule has 5 N–H and O–H groups in total. The number of nitrogens with two attached hydrogens (primary N) is 1. The van der Waals surface area contributed by atoms with E-state index in [0.717, 1.165) is 26.1 Å². The van der Waals surface area contributed by atoms with E-state index < -0.39 is 6.23 Å². The third-order valence-electron chi connectivity index (χ3n) is 4.41. The van der Waals surface area contributed by atoms with Gasteiger partial charge in [-0.05, 0) is 41.2 Å². The second-order valence-corrected chi connectivity index (χ2v) is 6.15. The summed E-state index contributed by atoms with van der Waals surface area (Å²) in [6, 6.07) is 0. The van der Waals surface area contributed by atoms with Crippen molar-refractivity contribution in [3.8, 4) is 0 Å². The number of aliphatic hydroxyl groups excluding tert-OH is 1. The number of nitrogens with zero attached hydrogens (tertiary/aromatic N) is 1. The van der Waals surface area contributed by atoms with Gasteiger partial charge in [0.15, 0.2) is 0 Å². The highest BCUT2D eigenvalue weighted by Gasteiger charge is 2.41. The number of rotatable bonds is 10. The lowest BCUT2D eigenvalue weighted by atomic mass is 9.80. The molecule has 0 bridgehead atoms. The van der Waals surface area contributed by atoms with Crippen molar-refractivity contribution in [2.24, 2.45) is 5.73 Å². The van der Waals surface area contributed by atoms with E-state index in [1.165, 1.54) is 0 Å². The van der Waals surface area contributed by atoms with Crippen LogP contribution < -0.4 is 16.4 Å². The van der Waals surface area contributed by atoms with E-state index >= 15 is 0 Å². The number of hydrogen-bond donors (Lipinski definition) is 4. The van der Waals surface area contributed by atoms with Gasteiger partial charge in [0.1, 0.15) is 6.23 Å². The Morgan fingerprint density at radius 1 is 1.16 bits per heavy atom. The Morgan fingerprint density at radius 3 is 2.21 bits per heavy atom. The Morgan fingerprint density at radius 2 is 1.74 bits per heavy atom. The van der Waals surface area contributed by atoms with Crippen LogP contribution in [0.15, 0.2) is 0 Å². The average molecular weight is 274 g/mol. The summed E-state index contributed by atoms with van der Waals surface area (Å²) in [4.78, 5) is 2.04. The normalized spacial score (nSPS) is 15.0. The lowest BCUT2D eigenvalue weighted by molar-refractivity contribution is -0.0700. The molecule has 0 amide bonds. The lowest BCUT2D eigenvalue weighted by Gasteiger charge is -2.50. The first-order valence-corrected chi connectivity index (χ1v) is 7.27. The third-order valence-corrected chi connectivity index (χ3v) is 4.41.